The molecular formula is C15H18F3N. The Hall–Kier alpha value is -1.19. The van der Waals surface area contributed by atoms with E-state index in [0.29, 0.717) is 24.1 Å². The molecule has 1 aliphatic carbocycles. The lowest BCUT2D eigenvalue weighted by molar-refractivity contribution is -0.136. The minimum absolute atomic E-state index is 0.252. The van der Waals surface area contributed by atoms with Crippen molar-refractivity contribution >= 4 is 5.69 Å². The summed E-state index contributed by atoms with van der Waals surface area (Å²) in [6.07, 6.45) is -0.781. The molecule has 2 aliphatic rings. The number of fused-ring (bicyclic) bond motifs is 1. The van der Waals surface area contributed by atoms with Crippen LogP contribution in [0.3, 0.4) is 0 Å². The Bertz CT molecular complexity index is 481. The van der Waals surface area contributed by atoms with E-state index in [1.165, 1.54) is 12.5 Å². The first-order valence-corrected chi connectivity index (χ1v) is 6.91. The summed E-state index contributed by atoms with van der Waals surface area (Å²) < 4.78 is 38.9. The second-order valence-electron chi connectivity index (χ2n) is 5.93. The molecule has 1 aliphatic heterocycles. The third-order valence-corrected chi connectivity index (χ3v) is 4.60. The smallest absolute Gasteiger partial charge is 0.384 e. The lowest BCUT2D eigenvalue weighted by Gasteiger charge is -2.19. The highest BCUT2D eigenvalue weighted by atomic mass is 19.4. The molecule has 0 saturated heterocycles. The number of anilines is 1. The van der Waals surface area contributed by atoms with Crippen LogP contribution in [0.2, 0.25) is 0 Å². The molecule has 0 spiro atoms. The van der Waals surface area contributed by atoms with E-state index >= 15 is 0 Å². The second kappa shape index (κ2) is 4.43. The van der Waals surface area contributed by atoms with Crippen LogP contribution in [0.25, 0.3) is 0 Å². The molecule has 0 aromatic heterocycles. The molecule has 1 fully saturated rings. The van der Waals surface area contributed by atoms with Crippen molar-refractivity contribution in [2.24, 2.45) is 11.8 Å². The highest BCUT2D eigenvalue weighted by Gasteiger charge is 2.40. The zero-order chi connectivity index (χ0) is 13.6. The van der Waals surface area contributed by atoms with E-state index in [1.54, 1.807) is 6.07 Å². The molecule has 19 heavy (non-hydrogen) atoms. The number of hydrogen-bond acceptors (Lipinski definition) is 1. The van der Waals surface area contributed by atoms with Crippen molar-refractivity contribution in [3.63, 3.8) is 0 Å². The van der Waals surface area contributed by atoms with E-state index in [9.17, 15) is 13.2 Å². The van der Waals surface area contributed by atoms with Gasteiger partial charge in [-0.2, -0.15) is 13.2 Å². The lowest BCUT2D eigenvalue weighted by Crippen LogP contribution is -2.12. The largest absolute Gasteiger partial charge is 0.418 e. The maximum Gasteiger partial charge on any atom is 0.418 e. The van der Waals surface area contributed by atoms with Crippen LogP contribution >= 0.6 is 0 Å². The molecule has 1 heterocycles. The summed E-state index contributed by atoms with van der Waals surface area (Å²) in [5, 5.41) is 3.00. The van der Waals surface area contributed by atoms with Gasteiger partial charge in [0.05, 0.1) is 5.56 Å². The molecule has 1 aromatic rings. The summed E-state index contributed by atoms with van der Waals surface area (Å²) in [5.41, 5.74) is 0.673. The highest BCUT2D eigenvalue weighted by molar-refractivity contribution is 5.64. The van der Waals surface area contributed by atoms with Crippen LogP contribution in [0, 0.1) is 11.8 Å². The fourth-order valence-corrected chi connectivity index (χ4v) is 3.67. The van der Waals surface area contributed by atoms with Crippen LogP contribution in [0.5, 0.6) is 0 Å². The van der Waals surface area contributed by atoms with E-state index in [2.05, 4.69) is 12.2 Å². The van der Waals surface area contributed by atoms with Crippen LogP contribution in [-0.2, 0) is 6.18 Å². The Morgan fingerprint density at radius 3 is 2.63 bits per heavy atom. The van der Waals surface area contributed by atoms with Crippen LogP contribution in [-0.4, -0.2) is 6.54 Å². The molecular weight excluding hydrogens is 251 g/mol. The Labute approximate surface area is 111 Å². The van der Waals surface area contributed by atoms with Gasteiger partial charge < -0.3 is 5.32 Å². The number of rotatable bonds is 1. The number of hydrogen-bond donors (Lipinski definition) is 1. The van der Waals surface area contributed by atoms with E-state index in [4.69, 9.17) is 0 Å². The zero-order valence-corrected chi connectivity index (χ0v) is 10.9. The number of alkyl halides is 3. The first-order valence-electron chi connectivity index (χ1n) is 6.91. The summed E-state index contributed by atoms with van der Waals surface area (Å²) in [6, 6.07) is 4.57. The quantitative estimate of drug-likeness (QED) is 0.782. The van der Waals surface area contributed by atoms with Gasteiger partial charge in [0.2, 0.25) is 0 Å². The molecule has 3 atom stereocenters. The van der Waals surface area contributed by atoms with Gasteiger partial charge >= 0.3 is 6.18 Å². The van der Waals surface area contributed by atoms with Crippen molar-refractivity contribution in [3.8, 4) is 0 Å². The maximum absolute atomic E-state index is 13.0. The van der Waals surface area contributed by atoms with Gasteiger partial charge in [-0.3, -0.25) is 0 Å². The van der Waals surface area contributed by atoms with Crippen molar-refractivity contribution in [1.82, 2.24) is 0 Å². The van der Waals surface area contributed by atoms with Gasteiger partial charge in [0, 0.05) is 18.2 Å². The fraction of sp³-hybridized carbons (Fsp3) is 0.600. The molecule has 0 amide bonds. The molecule has 1 nitrogen and oxygen atoms in total. The van der Waals surface area contributed by atoms with Gasteiger partial charge in [-0.05, 0) is 36.3 Å². The monoisotopic (exact) mass is 269 g/mol. The van der Waals surface area contributed by atoms with Crippen LogP contribution < -0.4 is 5.32 Å². The Morgan fingerprint density at radius 1 is 1.21 bits per heavy atom. The number of para-hydroxylation sites is 1. The minimum Gasteiger partial charge on any atom is -0.384 e. The van der Waals surface area contributed by atoms with Gasteiger partial charge in [-0.1, -0.05) is 25.5 Å². The lowest BCUT2D eigenvalue weighted by atomic mass is 9.85. The maximum atomic E-state index is 13.0. The summed E-state index contributed by atoms with van der Waals surface area (Å²) >= 11 is 0. The van der Waals surface area contributed by atoms with Gasteiger partial charge in [-0.25, -0.2) is 0 Å². The van der Waals surface area contributed by atoms with E-state index in [1.807, 2.05) is 6.07 Å². The molecule has 1 aromatic carbocycles. The third-order valence-electron chi connectivity index (χ3n) is 4.60. The molecule has 1 saturated carbocycles. The van der Waals surface area contributed by atoms with Gasteiger partial charge in [-0.15, -0.1) is 0 Å². The van der Waals surface area contributed by atoms with Crippen molar-refractivity contribution < 1.29 is 13.2 Å². The Morgan fingerprint density at radius 2 is 2.00 bits per heavy atom. The fourth-order valence-electron chi connectivity index (χ4n) is 3.67. The van der Waals surface area contributed by atoms with Crippen molar-refractivity contribution in [1.29, 1.82) is 0 Å². The Kier molecular flexibility index (Phi) is 2.99. The normalized spacial score (nSPS) is 30.2. The Balaban J connectivity index is 1.93. The molecule has 0 radical (unpaired) electrons. The molecule has 3 rings (SSSR count). The average Bonchev–Trinajstić information content (AvgIpc) is 2.92. The molecule has 1 N–H and O–H groups in total. The van der Waals surface area contributed by atoms with E-state index in [0.717, 1.165) is 18.4 Å². The van der Waals surface area contributed by atoms with Gasteiger partial charge in [0.1, 0.15) is 0 Å². The van der Waals surface area contributed by atoms with Crippen LogP contribution in [0.15, 0.2) is 18.2 Å². The number of halogens is 3. The average molecular weight is 269 g/mol. The number of nitrogens with one attached hydrogen (secondary N) is 1. The highest BCUT2D eigenvalue weighted by Crippen LogP contribution is 2.48. The zero-order valence-electron chi connectivity index (χ0n) is 10.9. The summed E-state index contributed by atoms with van der Waals surface area (Å²) in [4.78, 5) is 0. The molecule has 104 valence electrons. The van der Waals surface area contributed by atoms with E-state index < -0.39 is 11.7 Å². The standard InChI is InChI=1S/C15H18F3N/c1-9-5-6-10(7-9)12-8-19-14-11(12)3-2-4-13(14)15(16,17)18/h2-4,9-10,12,19H,5-8H2,1H3. The van der Waals surface area contributed by atoms with Crippen molar-refractivity contribution in [2.75, 3.05) is 11.9 Å². The third kappa shape index (κ3) is 2.21. The molecule has 0 bridgehead atoms. The van der Waals surface area contributed by atoms with Gasteiger partial charge in [0.15, 0.2) is 0 Å². The number of benzene rings is 1. The second-order valence-corrected chi connectivity index (χ2v) is 5.93. The minimum atomic E-state index is -4.27. The summed E-state index contributed by atoms with van der Waals surface area (Å²) in [6.45, 7) is 2.88. The predicted octanol–water partition coefficient (Wildman–Crippen LogP) is 4.65. The van der Waals surface area contributed by atoms with Gasteiger partial charge in [0.25, 0.3) is 0 Å². The summed E-state index contributed by atoms with van der Waals surface area (Å²) in [5.74, 6) is 1.49. The topological polar surface area (TPSA) is 12.0 Å². The first kappa shape index (κ1) is 12.8. The molecule has 4 heteroatoms. The van der Waals surface area contributed by atoms with Crippen LogP contribution in [0.4, 0.5) is 18.9 Å². The van der Waals surface area contributed by atoms with Crippen LogP contribution in [0.1, 0.15) is 43.2 Å². The van der Waals surface area contributed by atoms with Crippen molar-refractivity contribution in [2.45, 2.75) is 38.3 Å². The first-order chi connectivity index (χ1) is 8.97. The van der Waals surface area contributed by atoms with Crippen molar-refractivity contribution in [3.05, 3.63) is 29.3 Å². The SMILES string of the molecule is CC1CCC(C2CNc3c2cccc3C(F)(F)F)C1. The van der Waals surface area contributed by atoms with E-state index in [-0.39, 0.29) is 5.92 Å². The molecule has 3 unspecified atom stereocenters. The summed E-state index contributed by atoms with van der Waals surface area (Å²) in [7, 11) is 0. The predicted molar refractivity (Wildman–Crippen MR) is 69.2 cm³/mol.